The third-order valence-corrected chi connectivity index (χ3v) is 4.99. The number of nitrogens with two attached hydrogens (primary N) is 1. The summed E-state index contributed by atoms with van der Waals surface area (Å²) in [6, 6.07) is 4.00. The van der Waals surface area contributed by atoms with Gasteiger partial charge in [-0.15, -0.1) is 0 Å². The van der Waals surface area contributed by atoms with E-state index in [1.807, 2.05) is 53.7 Å². The molecule has 3 rings (SSSR count). The normalized spacial score (nSPS) is 10.6. The molecule has 7 heteroatoms. The number of hydrogen-bond donors (Lipinski definition) is 2. The molecule has 2 aromatic heterocycles. The Hall–Kier alpha value is -2.25. The molecular weight excluding hydrogens is 348 g/mol. The lowest BCUT2D eigenvalue weighted by atomic mass is 9.99. The highest BCUT2D eigenvalue weighted by Gasteiger charge is 2.19. The van der Waals surface area contributed by atoms with E-state index in [0.717, 1.165) is 49.7 Å². The summed E-state index contributed by atoms with van der Waals surface area (Å²) in [6.07, 6.45) is 0. The monoisotopic (exact) mass is 374 g/mol. The SMILES string of the molecule is CC.CC(C)=C(SN)c1cc(-c2c(C)noc2C)cc2[nH]c(=O)n(C)c12. The highest BCUT2D eigenvalue weighted by atomic mass is 32.2. The average molecular weight is 375 g/mol. The van der Waals surface area contributed by atoms with Gasteiger partial charge in [0.05, 0.1) is 16.7 Å². The number of rotatable bonds is 3. The highest BCUT2D eigenvalue weighted by Crippen LogP contribution is 2.37. The van der Waals surface area contributed by atoms with Crippen LogP contribution in [0.25, 0.3) is 27.1 Å². The topological polar surface area (TPSA) is 89.8 Å². The Morgan fingerprint density at radius 1 is 1.27 bits per heavy atom. The van der Waals surface area contributed by atoms with Crippen LogP contribution in [0.1, 0.15) is 44.7 Å². The van der Waals surface area contributed by atoms with Gasteiger partial charge in [-0.3, -0.25) is 9.71 Å². The first kappa shape index (κ1) is 20.1. The number of hydrogen-bond acceptors (Lipinski definition) is 5. The standard InChI is InChI=1S/C17H20N4O2S.C2H6/c1-8(2)16(24-18)12-6-11(14-9(3)20-23-10(14)4)7-13-15(12)21(5)17(22)19-13;1-2/h6-7H,18H2,1-5H3,(H,19,22);1-2H3. The van der Waals surface area contributed by atoms with E-state index < -0.39 is 0 Å². The molecule has 0 atom stereocenters. The number of benzene rings is 1. The molecule has 0 radical (unpaired) electrons. The molecule has 26 heavy (non-hydrogen) atoms. The van der Waals surface area contributed by atoms with E-state index in [-0.39, 0.29) is 5.69 Å². The van der Waals surface area contributed by atoms with Crippen molar-refractivity contribution in [1.29, 1.82) is 0 Å². The Morgan fingerprint density at radius 3 is 2.42 bits per heavy atom. The molecule has 0 spiro atoms. The molecule has 0 unspecified atom stereocenters. The Morgan fingerprint density at radius 2 is 1.92 bits per heavy atom. The summed E-state index contributed by atoms with van der Waals surface area (Å²) >= 11 is 1.19. The number of nitrogens with one attached hydrogen (secondary N) is 1. The molecule has 3 aromatic rings. The number of H-pyrrole nitrogens is 1. The Kier molecular flexibility index (Phi) is 6.15. The summed E-state index contributed by atoms with van der Waals surface area (Å²) in [6.45, 7) is 11.8. The number of allylic oxidation sites excluding steroid dienone is 1. The van der Waals surface area contributed by atoms with Crippen LogP contribution in [0.5, 0.6) is 0 Å². The summed E-state index contributed by atoms with van der Waals surface area (Å²) in [4.78, 5) is 16.0. The van der Waals surface area contributed by atoms with Crippen LogP contribution < -0.4 is 10.8 Å². The average Bonchev–Trinajstić information content (AvgIpc) is 3.08. The van der Waals surface area contributed by atoms with Crippen molar-refractivity contribution in [3.05, 3.63) is 45.2 Å². The number of imidazole rings is 1. The highest BCUT2D eigenvalue weighted by molar-refractivity contribution is 8.06. The lowest BCUT2D eigenvalue weighted by Gasteiger charge is -2.12. The molecule has 0 aliphatic carbocycles. The van der Waals surface area contributed by atoms with Gasteiger partial charge in [0.15, 0.2) is 0 Å². The molecule has 0 aliphatic heterocycles. The van der Waals surface area contributed by atoms with Crippen LogP contribution in [0.15, 0.2) is 27.0 Å². The smallest absolute Gasteiger partial charge is 0.326 e. The zero-order valence-electron chi connectivity index (χ0n) is 16.4. The van der Waals surface area contributed by atoms with Gasteiger partial charge in [-0.05, 0) is 57.3 Å². The number of fused-ring (bicyclic) bond motifs is 1. The van der Waals surface area contributed by atoms with Crippen LogP contribution in [0.4, 0.5) is 0 Å². The fourth-order valence-corrected chi connectivity index (χ4v) is 3.57. The fourth-order valence-electron chi connectivity index (χ4n) is 3.05. The van der Waals surface area contributed by atoms with E-state index in [9.17, 15) is 4.79 Å². The first-order valence-electron chi connectivity index (χ1n) is 8.55. The molecule has 0 aliphatic rings. The maximum absolute atomic E-state index is 12.1. The van der Waals surface area contributed by atoms with E-state index >= 15 is 0 Å². The third kappa shape index (κ3) is 3.37. The van der Waals surface area contributed by atoms with Gasteiger partial charge in [0.1, 0.15) is 5.76 Å². The zero-order chi connectivity index (χ0) is 19.6. The molecule has 0 saturated carbocycles. The maximum atomic E-state index is 12.1. The number of aromatic amines is 1. The molecule has 0 amide bonds. The van der Waals surface area contributed by atoms with Crippen molar-refractivity contribution < 1.29 is 4.52 Å². The summed E-state index contributed by atoms with van der Waals surface area (Å²) in [5.74, 6) is 0.746. The summed E-state index contributed by atoms with van der Waals surface area (Å²) < 4.78 is 6.91. The summed E-state index contributed by atoms with van der Waals surface area (Å²) in [7, 11) is 1.75. The molecule has 0 fully saturated rings. The molecule has 3 N–H and O–H groups in total. The van der Waals surface area contributed by atoms with Crippen molar-refractivity contribution in [2.24, 2.45) is 12.2 Å². The summed E-state index contributed by atoms with van der Waals surface area (Å²) in [5.41, 5.74) is 6.17. The predicted molar refractivity (Wildman–Crippen MR) is 110 cm³/mol. The third-order valence-electron chi connectivity index (χ3n) is 4.13. The molecular formula is C19H26N4O2S. The molecule has 0 bridgehead atoms. The van der Waals surface area contributed by atoms with Gasteiger partial charge in [0, 0.05) is 23.1 Å². The van der Waals surface area contributed by atoms with Crippen LogP contribution in [-0.4, -0.2) is 14.7 Å². The van der Waals surface area contributed by atoms with Crippen LogP contribution >= 0.6 is 11.9 Å². The predicted octanol–water partition coefficient (Wildman–Crippen LogP) is 4.52. The molecule has 140 valence electrons. The van der Waals surface area contributed by atoms with Gasteiger partial charge < -0.3 is 9.51 Å². The first-order chi connectivity index (χ1) is 12.3. The second-order valence-electron chi connectivity index (χ2n) is 6.06. The second-order valence-corrected chi connectivity index (χ2v) is 6.70. The lowest BCUT2D eigenvalue weighted by Crippen LogP contribution is -2.12. The Bertz CT molecular complexity index is 1000. The minimum atomic E-state index is -0.155. The van der Waals surface area contributed by atoms with Gasteiger partial charge in [0.25, 0.3) is 0 Å². The van der Waals surface area contributed by atoms with Gasteiger partial charge in [-0.25, -0.2) is 4.79 Å². The second kappa shape index (κ2) is 7.97. The van der Waals surface area contributed by atoms with Gasteiger partial charge in [-0.1, -0.05) is 24.6 Å². The largest absolute Gasteiger partial charge is 0.361 e. The quantitative estimate of drug-likeness (QED) is 0.658. The maximum Gasteiger partial charge on any atom is 0.326 e. The minimum absolute atomic E-state index is 0.155. The van der Waals surface area contributed by atoms with E-state index in [1.165, 1.54) is 11.9 Å². The van der Waals surface area contributed by atoms with E-state index in [0.29, 0.717) is 0 Å². The zero-order valence-corrected chi connectivity index (χ0v) is 17.2. The van der Waals surface area contributed by atoms with E-state index in [4.69, 9.17) is 9.66 Å². The molecule has 0 saturated heterocycles. The van der Waals surface area contributed by atoms with Crippen molar-refractivity contribution in [1.82, 2.24) is 14.7 Å². The summed E-state index contributed by atoms with van der Waals surface area (Å²) in [5, 5.41) is 9.94. The number of aryl methyl sites for hydroxylation is 3. The van der Waals surface area contributed by atoms with Gasteiger partial charge >= 0.3 is 5.69 Å². The van der Waals surface area contributed by atoms with Crippen molar-refractivity contribution in [3.8, 4) is 11.1 Å². The lowest BCUT2D eigenvalue weighted by molar-refractivity contribution is 0.393. The minimum Gasteiger partial charge on any atom is -0.361 e. The van der Waals surface area contributed by atoms with Crippen LogP contribution in [0, 0.1) is 13.8 Å². The fraction of sp³-hybridized carbons (Fsp3) is 0.368. The van der Waals surface area contributed by atoms with E-state index in [2.05, 4.69) is 10.1 Å². The Balaban J connectivity index is 0.00000117. The van der Waals surface area contributed by atoms with Crippen molar-refractivity contribution in [2.45, 2.75) is 41.5 Å². The van der Waals surface area contributed by atoms with Crippen molar-refractivity contribution >= 4 is 27.9 Å². The van der Waals surface area contributed by atoms with Crippen molar-refractivity contribution in [3.63, 3.8) is 0 Å². The number of aromatic nitrogens is 3. The molecule has 1 aromatic carbocycles. The molecule has 6 nitrogen and oxygen atoms in total. The first-order valence-corrected chi connectivity index (χ1v) is 9.43. The Labute approximate surface area is 157 Å². The van der Waals surface area contributed by atoms with Crippen molar-refractivity contribution in [2.75, 3.05) is 0 Å². The number of nitrogens with zero attached hydrogens (tertiary/aromatic N) is 2. The van der Waals surface area contributed by atoms with Crippen LogP contribution in [-0.2, 0) is 7.05 Å². The van der Waals surface area contributed by atoms with Crippen LogP contribution in [0.3, 0.4) is 0 Å². The molecule has 2 heterocycles. The van der Waals surface area contributed by atoms with E-state index in [1.54, 1.807) is 11.6 Å². The van der Waals surface area contributed by atoms with Crippen LogP contribution in [0.2, 0.25) is 0 Å². The van der Waals surface area contributed by atoms with Gasteiger partial charge in [-0.2, -0.15) is 0 Å². The van der Waals surface area contributed by atoms with Gasteiger partial charge in [0.2, 0.25) is 0 Å².